The minimum atomic E-state index is -0.763. The van der Waals surface area contributed by atoms with Crippen LogP contribution in [-0.2, 0) is 10.2 Å². The molecule has 4 heterocycles. The molecule has 0 spiro atoms. The first-order valence-electron chi connectivity index (χ1n) is 13.1. The zero-order valence-corrected chi connectivity index (χ0v) is 22.3. The van der Waals surface area contributed by atoms with E-state index in [0.717, 1.165) is 24.4 Å². The highest BCUT2D eigenvalue weighted by Crippen LogP contribution is 2.36. The number of aryl methyl sites for hydroxylation is 2. The number of fused-ring (bicyclic) bond motifs is 1. The molecule has 9 heteroatoms. The van der Waals surface area contributed by atoms with Crippen LogP contribution in [0.3, 0.4) is 0 Å². The van der Waals surface area contributed by atoms with E-state index >= 15 is 0 Å². The molecule has 0 radical (unpaired) electrons. The predicted octanol–water partition coefficient (Wildman–Crippen LogP) is 6.10. The summed E-state index contributed by atoms with van der Waals surface area (Å²) in [5.41, 5.74) is 4.27. The van der Waals surface area contributed by atoms with E-state index in [1.807, 2.05) is 20.0 Å². The fourth-order valence-electron chi connectivity index (χ4n) is 4.46. The molecule has 2 fully saturated rings. The minimum Gasteiger partial charge on any atom is -0.373 e. The second-order valence-corrected chi connectivity index (χ2v) is 10.6. The highest BCUT2D eigenvalue weighted by molar-refractivity contribution is 5.86. The van der Waals surface area contributed by atoms with Gasteiger partial charge in [0.25, 0.3) is 0 Å². The Balaban J connectivity index is 0.000000177. The van der Waals surface area contributed by atoms with Crippen LogP contribution in [0.2, 0.25) is 0 Å². The molecule has 1 saturated carbocycles. The number of aromatic nitrogens is 6. The molecular weight excluding hydrogens is 481 g/mol. The van der Waals surface area contributed by atoms with Crippen LogP contribution in [0.4, 0.5) is 4.39 Å². The maximum Gasteiger partial charge on any atom is 0.182 e. The second-order valence-electron chi connectivity index (χ2n) is 10.6. The Morgan fingerprint density at radius 2 is 1.87 bits per heavy atom. The molecule has 0 unspecified atom stereocenters. The molecule has 1 aliphatic heterocycles. The van der Waals surface area contributed by atoms with Gasteiger partial charge in [0, 0.05) is 23.9 Å². The van der Waals surface area contributed by atoms with Gasteiger partial charge in [0.2, 0.25) is 0 Å². The molecule has 0 amide bonds. The molecule has 0 bridgehead atoms. The number of nitriles is 1. The number of hydrogen-bond acceptors (Lipinski definition) is 7. The third-order valence-corrected chi connectivity index (χ3v) is 7.20. The van der Waals surface area contributed by atoms with Crippen LogP contribution in [0.25, 0.3) is 22.4 Å². The lowest BCUT2D eigenvalue weighted by molar-refractivity contribution is 0.0149. The van der Waals surface area contributed by atoms with Crippen molar-refractivity contribution in [2.75, 3.05) is 6.61 Å². The molecule has 0 N–H and O–H groups in total. The van der Waals surface area contributed by atoms with Crippen LogP contribution in [-0.4, -0.2) is 36.3 Å². The number of benzene rings is 1. The Morgan fingerprint density at radius 3 is 2.55 bits per heavy atom. The predicted molar refractivity (Wildman–Crippen MR) is 142 cm³/mol. The van der Waals surface area contributed by atoms with Crippen LogP contribution in [0.5, 0.6) is 0 Å². The lowest BCUT2D eigenvalue weighted by atomic mass is 9.85. The number of hydrogen-bond donors (Lipinski definition) is 0. The highest BCUT2D eigenvalue weighted by atomic mass is 19.1. The second kappa shape index (κ2) is 10.5. The topological polar surface area (TPSA) is 102 Å². The van der Waals surface area contributed by atoms with E-state index < -0.39 is 11.2 Å². The van der Waals surface area contributed by atoms with Crippen LogP contribution >= 0.6 is 0 Å². The van der Waals surface area contributed by atoms with Crippen molar-refractivity contribution in [2.45, 2.75) is 77.4 Å². The first-order valence-corrected chi connectivity index (χ1v) is 13.1. The Hall–Kier alpha value is -3.77. The summed E-state index contributed by atoms with van der Waals surface area (Å²) in [5.74, 6) is -0.448. The fraction of sp³-hybridized carbons (Fsp3) is 0.448. The van der Waals surface area contributed by atoms with Crippen LogP contribution in [0, 0.1) is 31.0 Å². The van der Waals surface area contributed by atoms with Gasteiger partial charge in [0.15, 0.2) is 5.65 Å². The lowest BCUT2D eigenvalue weighted by Gasteiger charge is -2.21. The summed E-state index contributed by atoms with van der Waals surface area (Å²) in [6.07, 6.45) is 12.1. The van der Waals surface area contributed by atoms with Crippen molar-refractivity contribution < 1.29 is 9.13 Å². The minimum absolute atomic E-state index is 0.316. The summed E-state index contributed by atoms with van der Waals surface area (Å²) in [6, 6.07) is 7.60. The van der Waals surface area contributed by atoms with E-state index in [-0.39, 0.29) is 0 Å². The number of nitrogens with zero attached hydrogens (tertiary/aromatic N) is 7. The smallest absolute Gasteiger partial charge is 0.182 e. The standard InChI is InChI=1S/C18H16FN5.C11H16N2O/c1-10-11(2)24-17-16(23-10)15(21-9-22-17)13-6-5-12(7-14(13)19)18(3,4)8-20;1-2-6-14-11(3-1)9-7-12-13(8-9)10-4-5-10/h5-7,9H,1-4H3;7-8,10-11H,1-6H2/t;11-/m.0/s1. The summed E-state index contributed by atoms with van der Waals surface area (Å²) in [7, 11) is 0. The molecule has 2 aliphatic rings. The zero-order chi connectivity index (χ0) is 26.9. The molecule has 3 aromatic heterocycles. The molecule has 1 saturated heterocycles. The zero-order valence-electron chi connectivity index (χ0n) is 22.3. The maximum atomic E-state index is 14.7. The Labute approximate surface area is 221 Å². The summed E-state index contributed by atoms with van der Waals surface area (Å²) in [4.78, 5) is 17.2. The van der Waals surface area contributed by atoms with Gasteiger partial charge in [-0.3, -0.25) is 4.68 Å². The number of halogens is 1. The van der Waals surface area contributed by atoms with E-state index in [1.54, 1.807) is 26.0 Å². The largest absolute Gasteiger partial charge is 0.373 e. The third-order valence-electron chi connectivity index (χ3n) is 7.20. The molecule has 4 aromatic rings. The normalized spacial score (nSPS) is 17.5. The van der Waals surface area contributed by atoms with Crippen LogP contribution in [0.15, 0.2) is 36.9 Å². The lowest BCUT2D eigenvalue weighted by Crippen LogP contribution is -2.14. The van der Waals surface area contributed by atoms with E-state index in [1.165, 1.54) is 43.6 Å². The summed E-state index contributed by atoms with van der Waals surface area (Å²) in [6.45, 7) is 8.11. The molecule has 1 aliphatic carbocycles. The summed E-state index contributed by atoms with van der Waals surface area (Å²) in [5, 5.41) is 13.6. The van der Waals surface area contributed by atoms with E-state index in [9.17, 15) is 9.65 Å². The maximum absolute atomic E-state index is 14.7. The van der Waals surface area contributed by atoms with Crippen molar-refractivity contribution in [3.8, 4) is 17.3 Å². The highest BCUT2D eigenvalue weighted by Gasteiger charge is 2.26. The van der Waals surface area contributed by atoms with Gasteiger partial charge in [-0.25, -0.2) is 24.3 Å². The van der Waals surface area contributed by atoms with E-state index in [0.29, 0.717) is 40.1 Å². The first kappa shape index (κ1) is 25.9. The monoisotopic (exact) mass is 513 g/mol. The van der Waals surface area contributed by atoms with Gasteiger partial charge in [-0.1, -0.05) is 6.07 Å². The van der Waals surface area contributed by atoms with Gasteiger partial charge in [0.05, 0.1) is 41.2 Å². The van der Waals surface area contributed by atoms with Crippen LogP contribution < -0.4 is 0 Å². The third kappa shape index (κ3) is 5.41. The molecule has 196 valence electrons. The molecule has 6 rings (SSSR count). The quantitative estimate of drug-likeness (QED) is 0.325. The van der Waals surface area contributed by atoms with Crippen molar-refractivity contribution in [2.24, 2.45) is 0 Å². The van der Waals surface area contributed by atoms with Gasteiger partial charge in [-0.2, -0.15) is 10.4 Å². The van der Waals surface area contributed by atoms with Gasteiger partial charge < -0.3 is 4.74 Å². The molecular formula is C29H32FN7O. The number of rotatable bonds is 4. The van der Waals surface area contributed by atoms with Crippen LogP contribution in [0.1, 0.15) is 80.6 Å². The van der Waals surface area contributed by atoms with Gasteiger partial charge in [0.1, 0.15) is 23.4 Å². The molecule has 8 nitrogen and oxygen atoms in total. The van der Waals surface area contributed by atoms with E-state index in [4.69, 9.17) is 4.74 Å². The molecule has 1 atom stereocenters. The van der Waals surface area contributed by atoms with Crippen molar-refractivity contribution >= 4 is 11.2 Å². The van der Waals surface area contributed by atoms with Gasteiger partial charge in [-0.05, 0) is 77.5 Å². The van der Waals surface area contributed by atoms with Gasteiger partial charge in [-0.15, -0.1) is 0 Å². The van der Waals surface area contributed by atoms with Crippen molar-refractivity contribution in [1.29, 1.82) is 5.26 Å². The summed E-state index contributed by atoms with van der Waals surface area (Å²) < 4.78 is 22.5. The summed E-state index contributed by atoms with van der Waals surface area (Å²) >= 11 is 0. The average molecular weight is 514 g/mol. The average Bonchev–Trinajstić information content (AvgIpc) is 3.66. The first-order chi connectivity index (χ1) is 18.3. The molecule has 38 heavy (non-hydrogen) atoms. The Kier molecular flexibility index (Phi) is 7.17. The number of ether oxygens (including phenoxy) is 1. The fourth-order valence-corrected chi connectivity index (χ4v) is 4.46. The van der Waals surface area contributed by atoms with Crippen molar-refractivity contribution in [3.63, 3.8) is 0 Å². The SMILES string of the molecule is Cc1nc2ncnc(-c3ccc(C(C)(C)C#N)cc3F)c2nc1C.c1nn(C2CC2)cc1[C@@H]1CCCCO1. The van der Waals surface area contributed by atoms with Gasteiger partial charge >= 0.3 is 0 Å². The Morgan fingerprint density at radius 1 is 1.08 bits per heavy atom. The molecule has 1 aromatic carbocycles. The van der Waals surface area contributed by atoms with E-state index in [2.05, 4.69) is 42.0 Å². The van der Waals surface area contributed by atoms with Crippen molar-refractivity contribution in [3.05, 3.63) is 65.3 Å². The van der Waals surface area contributed by atoms with Crippen molar-refractivity contribution in [1.82, 2.24) is 29.7 Å². The Bertz CT molecular complexity index is 1500.